The van der Waals surface area contributed by atoms with Crippen LogP contribution in [-0.2, 0) is 13.0 Å². The van der Waals surface area contributed by atoms with Crippen molar-refractivity contribution >= 4 is 0 Å². The summed E-state index contributed by atoms with van der Waals surface area (Å²) in [5, 5.41) is 3.60. The van der Waals surface area contributed by atoms with Crippen molar-refractivity contribution in [2.75, 3.05) is 0 Å². The van der Waals surface area contributed by atoms with E-state index in [0.29, 0.717) is 6.04 Å². The SMILES string of the molecule is CCc1cccnc1CNC(C)c1cc(C)ccc1C. The van der Waals surface area contributed by atoms with Gasteiger partial charge in [0.1, 0.15) is 0 Å². The van der Waals surface area contributed by atoms with Crippen LogP contribution in [0.25, 0.3) is 0 Å². The number of aryl methyl sites for hydroxylation is 3. The molecule has 1 atom stereocenters. The zero-order valence-electron chi connectivity index (χ0n) is 12.9. The van der Waals surface area contributed by atoms with Gasteiger partial charge in [-0.15, -0.1) is 0 Å². The summed E-state index contributed by atoms with van der Waals surface area (Å²) in [5.74, 6) is 0. The Hall–Kier alpha value is -1.67. The lowest BCUT2D eigenvalue weighted by atomic mass is 10.00. The van der Waals surface area contributed by atoms with Gasteiger partial charge in [0.25, 0.3) is 0 Å². The molecule has 0 aliphatic rings. The molecule has 0 amide bonds. The summed E-state index contributed by atoms with van der Waals surface area (Å²) in [6.45, 7) is 9.53. The number of benzene rings is 1. The maximum Gasteiger partial charge on any atom is 0.0573 e. The van der Waals surface area contributed by atoms with E-state index in [0.717, 1.165) is 18.7 Å². The molecule has 1 aromatic carbocycles. The van der Waals surface area contributed by atoms with Gasteiger partial charge in [-0.3, -0.25) is 4.98 Å². The maximum absolute atomic E-state index is 4.49. The lowest BCUT2D eigenvalue weighted by Gasteiger charge is -2.18. The topological polar surface area (TPSA) is 24.9 Å². The smallest absolute Gasteiger partial charge is 0.0573 e. The van der Waals surface area contributed by atoms with Gasteiger partial charge in [-0.1, -0.05) is 36.8 Å². The molecule has 2 aromatic rings. The zero-order chi connectivity index (χ0) is 14.5. The molecule has 1 heterocycles. The standard InChI is InChI=1S/C18H24N2/c1-5-16-7-6-10-19-18(16)12-20-15(4)17-11-13(2)8-9-14(17)3/h6-11,15,20H,5,12H2,1-4H3. The molecule has 2 nitrogen and oxygen atoms in total. The molecule has 2 heteroatoms. The van der Waals surface area contributed by atoms with Gasteiger partial charge < -0.3 is 5.32 Å². The number of rotatable bonds is 5. The van der Waals surface area contributed by atoms with Gasteiger partial charge in [-0.25, -0.2) is 0 Å². The Balaban J connectivity index is 2.08. The fourth-order valence-electron chi connectivity index (χ4n) is 2.54. The van der Waals surface area contributed by atoms with E-state index in [4.69, 9.17) is 0 Å². The molecule has 0 fully saturated rings. The van der Waals surface area contributed by atoms with E-state index in [1.165, 1.54) is 22.3 Å². The minimum absolute atomic E-state index is 0.335. The van der Waals surface area contributed by atoms with Gasteiger partial charge in [0.2, 0.25) is 0 Å². The molecule has 0 saturated carbocycles. The van der Waals surface area contributed by atoms with Crippen LogP contribution in [0.3, 0.4) is 0 Å². The summed E-state index contributed by atoms with van der Waals surface area (Å²) >= 11 is 0. The number of nitrogens with zero attached hydrogens (tertiary/aromatic N) is 1. The van der Waals surface area contributed by atoms with E-state index >= 15 is 0 Å². The molecule has 0 radical (unpaired) electrons. The number of hydrogen-bond donors (Lipinski definition) is 1. The average Bonchev–Trinajstić information content (AvgIpc) is 2.47. The minimum atomic E-state index is 0.335. The first-order valence-electron chi connectivity index (χ1n) is 7.35. The van der Waals surface area contributed by atoms with E-state index in [1.807, 2.05) is 12.3 Å². The van der Waals surface area contributed by atoms with Crippen LogP contribution in [0.5, 0.6) is 0 Å². The van der Waals surface area contributed by atoms with Crippen molar-refractivity contribution in [3.8, 4) is 0 Å². The third kappa shape index (κ3) is 3.45. The van der Waals surface area contributed by atoms with Crippen LogP contribution in [0.15, 0.2) is 36.5 Å². The zero-order valence-corrected chi connectivity index (χ0v) is 12.9. The van der Waals surface area contributed by atoms with Crippen LogP contribution in [0.4, 0.5) is 0 Å². The Labute approximate surface area is 122 Å². The van der Waals surface area contributed by atoms with Crippen LogP contribution >= 0.6 is 0 Å². The Morgan fingerprint density at radius 3 is 2.75 bits per heavy atom. The molecule has 106 valence electrons. The van der Waals surface area contributed by atoms with Crippen LogP contribution in [0.1, 0.15) is 47.8 Å². The maximum atomic E-state index is 4.49. The third-order valence-corrected chi connectivity index (χ3v) is 3.84. The van der Waals surface area contributed by atoms with E-state index in [1.54, 1.807) is 0 Å². The van der Waals surface area contributed by atoms with Gasteiger partial charge in [-0.05, 0) is 49.9 Å². The molecule has 1 aromatic heterocycles. The summed E-state index contributed by atoms with van der Waals surface area (Å²) in [5.41, 5.74) is 6.51. The first-order valence-corrected chi connectivity index (χ1v) is 7.35. The fourth-order valence-corrected chi connectivity index (χ4v) is 2.54. The largest absolute Gasteiger partial charge is 0.305 e. The Morgan fingerprint density at radius 1 is 1.20 bits per heavy atom. The number of pyridine rings is 1. The highest BCUT2D eigenvalue weighted by Gasteiger charge is 2.09. The van der Waals surface area contributed by atoms with Crippen molar-refractivity contribution in [3.63, 3.8) is 0 Å². The highest BCUT2D eigenvalue weighted by Crippen LogP contribution is 2.19. The van der Waals surface area contributed by atoms with Crippen molar-refractivity contribution in [1.29, 1.82) is 0 Å². The molecule has 1 unspecified atom stereocenters. The average molecular weight is 268 g/mol. The number of hydrogen-bond acceptors (Lipinski definition) is 2. The molecular weight excluding hydrogens is 244 g/mol. The van der Waals surface area contributed by atoms with E-state index in [2.05, 4.69) is 62.3 Å². The summed E-state index contributed by atoms with van der Waals surface area (Å²) < 4.78 is 0. The third-order valence-electron chi connectivity index (χ3n) is 3.84. The van der Waals surface area contributed by atoms with Crippen molar-refractivity contribution in [1.82, 2.24) is 10.3 Å². The second-order valence-electron chi connectivity index (χ2n) is 5.43. The quantitative estimate of drug-likeness (QED) is 0.882. The van der Waals surface area contributed by atoms with Crippen molar-refractivity contribution < 1.29 is 0 Å². The Kier molecular flexibility index (Phi) is 4.91. The molecule has 1 N–H and O–H groups in total. The van der Waals surface area contributed by atoms with Gasteiger partial charge in [0, 0.05) is 18.8 Å². The van der Waals surface area contributed by atoms with Gasteiger partial charge >= 0.3 is 0 Å². The number of aromatic nitrogens is 1. The summed E-state index contributed by atoms with van der Waals surface area (Å²) in [7, 11) is 0. The molecule has 20 heavy (non-hydrogen) atoms. The Bertz CT molecular complexity index is 575. The predicted octanol–water partition coefficient (Wildman–Crippen LogP) is 4.11. The first kappa shape index (κ1) is 14.7. The molecule has 0 spiro atoms. The molecule has 0 bridgehead atoms. The number of nitrogens with one attached hydrogen (secondary N) is 1. The molecule has 2 rings (SSSR count). The first-order chi connectivity index (χ1) is 9.61. The van der Waals surface area contributed by atoms with Crippen LogP contribution < -0.4 is 5.32 Å². The van der Waals surface area contributed by atoms with Crippen LogP contribution in [0.2, 0.25) is 0 Å². The molecule has 0 aliphatic carbocycles. The van der Waals surface area contributed by atoms with Crippen LogP contribution in [0, 0.1) is 13.8 Å². The lowest BCUT2D eigenvalue weighted by Crippen LogP contribution is -2.20. The van der Waals surface area contributed by atoms with E-state index in [-0.39, 0.29) is 0 Å². The van der Waals surface area contributed by atoms with Crippen LogP contribution in [-0.4, -0.2) is 4.98 Å². The van der Waals surface area contributed by atoms with E-state index in [9.17, 15) is 0 Å². The lowest BCUT2D eigenvalue weighted by molar-refractivity contribution is 0.562. The van der Waals surface area contributed by atoms with E-state index < -0.39 is 0 Å². The second kappa shape index (κ2) is 6.67. The fraction of sp³-hybridized carbons (Fsp3) is 0.389. The summed E-state index contributed by atoms with van der Waals surface area (Å²) in [6, 6.07) is 11.1. The molecule has 0 saturated heterocycles. The second-order valence-corrected chi connectivity index (χ2v) is 5.43. The highest BCUT2D eigenvalue weighted by atomic mass is 14.9. The molecular formula is C18H24N2. The molecule has 0 aliphatic heterocycles. The Morgan fingerprint density at radius 2 is 2.00 bits per heavy atom. The van der Waals surface area contributed by atoms with Crippen molar-refractivity contribution in [2.45, 2.75) is 46.7 Å². The van der Waals surface area contributed by atoms with Gasteiger partial charge in [0.05, 0.1) is 5.69 Å². The summed E-state index contributed by atoms with van der Waals surface area (Å²) in [6.07, 6.45) is 2.90. The van der Waals surface area contributed by atoms with Crippen molar-refractivity contribution in [2.24, 2.45) is 0 Å². The summed E-state index contributed by atoms with van der Waals surface area (Å²) in [4.78, 5) is 4.49. The minimum Gasteiger partial charge on any atom is -0.305 e. The monoisotopic (exact) mass is 268 g/mol. The highest BCUT2D eigenvalue weighted by molar-refractivity contribution is 5.32. The van der Waals surface area contributed by atoms with Gasteiger partial charge in [-0.2, -0.15) is 0 Å². The normalized spacial score (nSPS) is 12.4. The van der Waals surface area contributed by atoms with Crippen molar-refractivity contribution in [3.05, 3.63) is 64.5 Å². The van der Waals surface area contributed by atoms with Gasteiger partial charge in [0.15, 0.2) is 0 Å². The predicted molar refractivity (Wildman–Crippen MR) is 84.8 cm³/mol.